The zero-order valence-corrected chi connectivity index (χ0v) is 13.3. The number of fused-ring (bicyclic) bond motifs is 3. The predicted octanol–water partition coefficient (Wildman–Crippen LogP) is 2.46. The number of amides is 1. The Morgan fingerprint density at radius 1 is 1.09 bits per heavy atom. The van der Waals surface area contributed by atoms with Crippen LogP contribution in [0.15, 0.2) is 46.9 Å². The highest BCUT2D eigenvalue weighted by Crippen LogP contribution is 2.30. The van der Waals surface area contributed by atoms with Crippen LogP contribution in [0.1, 0.15) is 6.92 Å². The maximum atomic E-state index is 11.8. The van der Waals surface area contributed by atoms with Gasteiger partial charge in [-0.15, -0.1) is 0 Å². The Hall–Kier alpha value is -2.38. The van der Waals surface area contributed by atoms with Crippen LogP contribution in [0, 0.1) is 0 Å². The van der Waals surface area contributed by atoms with E-state index in [0.29, 0.717) is 11.3 Å². The lowest BCUT2D eigenvalue weighted by molar-refractivity contribution is -0.115. The van der Waals surface area contributed by atoms with E-state index in [2.05, 4.69) is 10.0 Å². The zero-order chi connectivity index (χ0) is 16.4. The molecule has 2 N–H and O–H groups in total. The molecule has 0 saturated heterocycles. The number of sulfonamides is 1. The fourth-order valence-corrected chi connectivity index (χ4v) is 2.84. The first kappa shape index (κ1) is 15.5. The van der Waals surface area contributed by atoms with Gasteiger partial charge in [-0.3, -0.25) is 4.79 Å². The molecule has 0 fully saturated rings. The van der Waals surface area contributed by atoms with Crippen molar-refractivity contribution in [1.82, 2.24) is 4.72 Å². The van der Waals surface area contributed by atoms with Gasteiger partial charge in [0.15, 0.2) is 0 Å². The van der Waals surface area contributed by atoms with E-state index in [1.165, 1.54) is 6.92 Å². The molecular weight excluding hydrogens is 316 g/mol. The van der Waals surface area contributed by atoms with Crippen molar-refractivity contribution < 1.29 is 17.6 Å². The van der Waals surface area contributed by atoms with E-state index in [-0.39, 0.29) is 12.3 Å². The minimum Gasteiger partial charge on any atom is -0.456 e. The maximum absolute atomic E-state index is 11.8. The summed E-state index contributed by atoms with van der Waals surface area (Å²) in [6.45, 7) is 1.21. The van der Waals surface area contributed by atoms with E-state index in [1.807, 2.05) is 30.3 Å². The third kappa shape index (κ3) is 3.35. The van der Waals surface area contributed by atoms with Crippen LogP contribution < -0.4 is 10.0 Å². The summed E-state index contributed by atoms with van der Waals surface area (Å²) in [7, 11) is -3.39. The average Bonchev–Trinajstić information content (AvgIpc) is 2.91. The van der Waals surface area contributed by atoms with Crippen LogP contribution >= 0.6 is 0 Å². The van der Waals surface area contributed by atoms with E-state index in [1.54, 1.807) is 12.1 Å². The first-order valence-electron chi connectivity index (χ1n) is 7.17. The monoisotopic (exact) mass is 332 g/mol. The van der Waals surface area contributed by atoms with E-state index >= 15 is 0 Å². The summed E-state index contributed by atoms with van der Waals surface area (Å²) in [4.78, 5) is 11.8. The quantitative estimate of drug-likeness (QED) is 0.751. The lowest BCUT2D eigenvalue weighted by atomic mass is 10.1. The number of benzene rings is 2. The highest BCUT2D eigenvalue weighted by molar-refractivity contribution is 7.89. The second-order valence-electron chi connectivity index (χ2n) is 5.08. The number of furan rings is 1. The number of anilines is 1. The smallest absolute Gasteiger partial charge is 0.239 e. The molecule has 0 atom stereocenters. The van der Waals surface area contributed by atoms with Gasteiger partial charge in [-0.1, -0.05) is 18.2 Å². The fourth-order valence-electron chi connectivity index (χ4n) is 2.29. The Bertz CT molecular complexity index is 976. The highest BCUT2D eigenvalue weighted by atomic mass is 32.2. The molecule has 3 rings (SSSR count). The molecule has 1 amide bonds. The zero-order valence-electron chi connectivity index (χ0n) is 12.5. The van der Waals surface area contributed by atoms with E-state index in [0.717, 1.165) is 16.4 Å². The van der Waals surface area contributed by atoms with Gasteiger partial charge in [0.25, 0.3) is 0 Å². The van der Waals surface area contributed by atoms with Crippen molar-refractivity contribution in [1.29, 1.82) is 0 Å². The second-order valence-corrected chi connectivity index (χ2v) is 7.18. The minimum absolute atomic E-state index is 0.0643. The Balaban J connectivity index is 1.78. The molecular formula is C16H16N2O4S. The summed E-state index contributed by atoms with van der Waals surface area (Å²) in [6.07, 6.45) is 0. The molecule has 7 heteroatoms. The van der Waals surface area contributed by atoms with Gasteiger partial charge in [0.1, 0.15) is 11.2 Å². The van der Waals surface area contributed by atoms with Gasteiger partial charge in [0.05, 0.1) is 12.3 Å². The summed E-state index contributed by atoms with van der Waals surface area (Å²) in [5.41, 5.74) is 2.00. The molecule has 6 nitrogen and oxygen atoms in total. The van der Waals surface area contributed by atoms with Gasteiger partial charge in [-0.05, 0) is 25.1 Å². The SMILES string of the molecule is CCS(=O)(=O)NCC(=O)Nc1ccc2c(c1)oc1ccccc12. The summed E-state index contributed by atoms with van der Waals surface area (Å²) < 4.78 is 30.6. The van der Waals surface area contributed by atoms with Crippen molar-refractivity contribution in [3.8, 4) is 0 Å². The van der Waals surface area contributed by atoms with E-state index in [4.69, 9.17) is 4.42 Å². The molecule has 0 aliphatic heterocycles. The lowest BCUT2D eigenvalue weighted by Crippen LogP contribution is -2.33. The number of carbonyl (C=O) groups excluding carboxylic acids is 1. The Labute approximate surface area is 133 Å². The molecule has 1 heterocycles. The van der Waals surface area contributed by atoms with E-state index in [9.17, 15) is 13.2 Å². The predicted molar refractivity (Wildman–Crippen MR) is 89.8 cm³/mol. The molecule has 23 heavy (non-hydrogen) atoms. The number of hydrogen-bond acceptors (Lipinski definition) is 4. The molecule has 3 aromatic rings. The van der Waals surface area contributed by atoms with Crippen LogP contribution in [-0.2, 0) is 14.8 Å². The molecule has 0 unspecified atom stereocenters. The summed E-state index contributed by atoms with van der Waals surface area (Å²) >= 11 is 0. The van der Waals surface area contributed by atoms with Crippen molar-refractivity contribution in [3.63, 3.8) is 0 Å². The van der Waals surface area contributed by atoms with Gasteiger partial charge in [-0.2, -0.15) is 0 Å². The molecule has 0 radical (unpaired) electrons. The summed E-state index contributed by atoms with van der Waals surface area (Å²) in [5.74, 6) is -0.497. The van der Waals surface area contributed by atoms with Crippen molar-refractivity contribution in [3.05, 3.63) is 42.5 Å². The van der Waals surface area contributed by atoms with Crippen molar-refractivity contribution in [2.45, 2.75) is 6.92 Å². The van der Waals surface area contributed by atoms with Crippen LogP contribution in [0.3, 0.4) is 0 Å². The van der Waals surface area contributed by atoms with Crippen LogP contribution in [0.4, 0.5) is 5.69 Å². The van der Waals surface area contributed by atoms with Crippen molar-refractivity contribution in [2.75, 3.05) is 17.6 Å². The molecule has 0 aliphatic rings. The van der Waals surface area contributed by atoms with Crippen molar-refractivity contribution >= 4 is 43.6 Å². The molecule has 0 aliphatic carbocycles. The molecule has 0 bridgehead atoms. The first-order chi connectivity index (χ1) is 11.0. The molecule has 1 aromatic heterocycles. The number of carbonyl (C=O) groups is 1. The highest BCUT2D eigenvalue weighted by Gasteiger charge is 2.11. The second kappa shape index (κ2) is 6.02. The minimum atomic E-state index is -3.39. The third-order valence-electron chi connectivity index (χ3n) is 3.50. The van der Waals surface area contributed by atoms with Crippen LogP contribution in [0.2, 0.25) is 0 Å². The molecule has 0 spiro atoms. The van der Waals surface area contributed by atoms with Gasteiger partial charge in [0.2, 0.25) is 15.9 Å². The molecule has 2 aromatic carbocycles. The topological polar surface area (TPSA) is 88.4 Å². The fraction of sp³-hybridized carbons (Fsp3) is 0.188. The average molecular weight is 332 g/mol. The van der Waals surface area contributed by atoms with Crippen LogP contribution in [0.25, 0.3) is 21.9 Å². The normalized spacial score (nSPS) is 11.9. The van der Waals surface area contributed by atoms with Crippen molar-refractivity contribution in [2.24, 2.45) is 0 Å². The third-order valence-corrected chi connectivity index (χ3v) is 4.84. The maximum Gasteiger partial charge on any atom is 0.239 e. The van der Waals surface area contributed by atoms with Gasteiger partial charge in [-0.25, -0.2) is 13.1 Å². The summed E-state index contributed by atoms with van der Waals surface area (Å²) in [5, 5.41) is 4.62. The van der Waals surface area contributed by atoms with Crippen LogP contribution in [-0.4, -0.2) is 26.6 Å². The Kier molecular flexibility index (Phi) is 4.06. The standard InChI is InChI=1S/C16H16N2O4S/c1-2-23(20,21)17-10-16(19)18-11-7-8-13-12-5-3-4-6-14(12)22-15(13)9-11/h3-9,17H,2,10H2,1H3,(H,18,19). The molecule has 120 valence electrons. The van der Waals surface area contributed by atoms with Crippen LogP contribution in [0.5, 0.6) is 0 Å². The first-order valence-corrected chi connectivity index (χ1v) is 8.82. The lowest BCUT2D eigenvalue weighted by Gasteiger charge is -2.06. The number of para-hydroxylation sites is 1. The Morgan fingerprint density at radius 3 is 2.61 bits per heavy atom. The number of nitrogens with one attached hydrogen (secondary N) is 2. The number of hydrogen-bond donors (Lipinski definition) is 2. The largest absolute Gasteiger partial charge is 0.456 e. The van der Waals surface area contributed by atoms with Gasteiger partial charge >= 0.3 is 0 Å². The Morgan fingerprint density at radius 2 is 1.83 bits per heavy atom. The van der Waals surface area contributed by atoms with Gasteiger partial charge in [0, 0.05) is 22.5 Å². The number of rotatable bonds is 5. The summed E-state index contributed by atoms with van der Waals surface area (Å²) in [6, 6.07) is 13.0. The van der Waals surface area contributed by atoms with E-state index < -0.39 is 15.9 Å². The molecule has 0 saturated carbocycles. The van der Waals surface area contributed by atoms with Gasteiger partial charge < -0.3 is 9.73 Å².